The van der Waals surface area contributed by atoms with Crippen molar-refractivity contribution in [2.24, 2.45) is 5.92 Å². The molecule has 5 heterocycles. The van der Waals surface area contributed by atoms with Crippen LogP contribution in [0.1, 0.15) is 24.3 Å². The topological polar surface area (TPSA) is 145 Å². The summed E-state index contributed by atoms with van der Waals surface area (Å²) < 4.78 is 11.9. The van der Waals surface area contributed by atoms with Gasteiger partial charge in [0, 0.05) is 18.7 Å². The third-order valence-corrected chi connectivity index (χ3v) is 5.26. The molecule has 2 unspecified atom stereocenters. The summed E-state index contributed by atoms with van der Waals surface area (Å²) in [6.07, 6.45) is 4.65. The summed E-state index contributed by atoms with van der Waals surface area (Å²) in [5, 5.41) is 15.2. The smallest absolute Gasteiger partial charge is 0.259 e. The lowest BCUT2D eigenvalue weighted by molar-refractivity contribution is 0.300. The molecule has 11 heteroatoms. The molecular formula is C19H23N9O2. The minimum Gasteiger partial charge on any atom is -0.461 e. The molecule has 156 valence electrons. The molecule has 1 aliphatic heterocycles. The number of anilines is 2. The van der Waals surface area contributed by atoms with E-state index in [1.807, 2.05) is 13.0 Å². The van der Waals surface area contributed by atoms with Gasteiger partial charge >= 0.3 is 0 Å². The third kappa shape index (κ3) is 3.83. The predicted octanol–water partition coefficient (Wildman–Crippen LogP) is 1.68. The van der Waals surface area contributed by atoms with E-state index in [2.05, 4.69) is 35.8 Å². The zero-order chi connectivity index (χ0) is 20.5. The molecule has 4 aromatic heterocycles. The Morgan fingerprint density at radius 3 is 3.07 bits per heavy atom. The predicted molar refractivity (Wildman–Crippen MR) is 109 cm³/mol. The fraction of sp³-hybridized carbons (Fsp3) is 0.421. The summed E-state index contributed by atoms with van der Waals surface area (Å²) in [6.45, 7) is 3.57. The van der Waals surface area contributed by atoms with Crippen LogP contribution in [-0.4, -0.2) is 48.9 Å². The second-order valence-corrected chi connectivity index (χ2v) is 7.59. The molecule has 30 heavy (non-hydrogen) atoms. The van der Waals surface area contributed by atoms with E-state index in [9.17, 15) is 0 Å². The lowest BCUT2D eigenvalue weighted by atomic mass is 9.88. The summed E-state index contributed by atoms with van der Waals surface area (Å²) in [5.74, 6) is 3.38. The van der Waals surface area contributed by atoms with E-state index in [4.69, 9.17) is 14.7 Å². The number of hydrogen-bond donors (Lipinski definition) is 3. The van der Waals surface area contributed by atoms with E-state index < -0.39 is 0 Å². The number of hydrogen-bond acceptors (Lipinski definition) is 10. The standard InChI is InChI=1S/C19H23N9O2/c1-11-7-13(27-30-11)8-12-4-5-21-14(9-12)10-22-18-24-17(20)28-19(25-18)23-16(26-28)15-3-2-6-29-15/h2-3,6-7,12,14,21H,4-5,8-10H2,1H3,(H3,20,22,23,24,25,26). The quantitative estimate of drug-likeness (QED) is 0.430. The van der Waals surface area contributed by atoms with Crippen LogP contribution in [0.25, 0.3) is 17.4 Å². The normalized spacial score (nSPS) is 19.4. The molecule has 0 aromatic carbocycles. The van der Waals surface area contributed by atoms with E-state index in [0.29, 0.717) is 41.8 Å². The van der Waals surface area contributed by atoms with Crippen molar-refractivity contribution in [3.05, 3.63) is 35.9 Å². The Hall–Kier alpha value is -3.47. The van der Waals surface area contributed by atoms with E-state index in [1.165, 1.54) is 4.52 Å². The largest absolute Gasteiger partial charge is 0.461 e. The van der Waals surface area contributed by atoms with Crippen molar-refractivity contribution in [2.45, 2.75) is 32.2 Å². The number of piperidine rings is 1. The molecule has 5 rings (SSSR count). The number of nitrogens with zero attached hydrogens (tertiary/aromatic N) is 6. The maximum absolute atomic E-state index is 6.05. The van der Waals surface area contributed by atoms with E-state index in [0.717, 1.165) is 37.3 Å². The highest BCUT2D eigenvalue weighted by atomic mass is 16.5. The number of nitrogen functional groups attached to an aromatic ring is 1. The maximum atomic E-state index is 6.05. The molecule has 0 radical (unpaired) electrons. The van der Waals surface area contributed by atoms with Gasteiger partial charge in [0.25, 0.3) is 5.78 Å². The van der Waals surface area contributed by atoms with Crippen molar-refractivity contribution in [2.75, 3.05) is 24.1 Å². The highest BCUT2D eigenvalue weighted by Gasteiger charge is 2.23. The fourth-order valence-electron chi connectivity index (χ4n) is 3.86. The van der Waals surface area contributed by atoms with Gasteiger partial charge in [-0.2, -0.15) is 19.5 Å². The zero-order valence-corrected chi connectivity index (χ0v) is 16.6. The van der Waals surface area contributed by atoms with Crippen LogP contribution in [0.2, 0.25) is 0 Å². The number of rotatable bonds is 6. The molecule has 1 fully saturated rings. The Bertz CT molecular complexity index is 1130. The van der Waals surface area contributed by atoms with Gasteiger partial charge < -0.3 is 25.3 Å². The van der Waals surface area contributed by atoms with Crippen molar-refractivity contribution in [3.8, 4) is 11.6 Å². The number of nitrogens with two attached hydrogens (primary N) is 1. The average Bonchev–Trinajstić information content (AvgIpc) is 3.47. The summed E-state index contributed by atoms with van der Waals surface area (Å²) in [6, 6.07) is 5.87. The first-order valence-corrected chi connectivity index (χ1v) is 9.97. The monoisotopic (exact) mass is 409 g/mol. The number of aromatic nitrogens is 6. The molecule has 11 nitrogen and oxygen atoms in total. The van der Waals surface area contributed by atoms with Gasteiger partial charge in [-0.05, 0) is 50.8 Å². The average molecular weight is 409 g/mol. The highest BCUT2D eigenvalue weighted by molar-refractivity contribution is 5.52. The number of nitrogens with one attached hydrogen (secondary N) is 2. The molecule has 2 atom stereocenters. The van der Waals surface area contributed by atoms with Crippen molar-refractivity contribution in [1.29, 1.82) is 0 Å². The van der Waals surface area contributed by atoms with Gasteiger partial charge in [0.1, 0.15) is 5.76 Å². The van der Waals surface area contributed by atoms with Crippen molar-refractivity contribution in [3.63, 3.8) is 0 Å². The Morgan fingerprint density at radius 1 is 1.33 bits per heavy atom. The molecule has 0 amide bonds. The van der Waals surface area contributed by atoms with Crippen LogP contribution in [0, 0.1) is 12.8 Å². The second kappa shape index (κ2) is 7.75. The molecule has 4 aromatic rings. The highest BCUT2D eigenvalue weighted by Crippen LogP contribution is 2.22. The Balaban J connectivity index is 1.24. The van der Waals surface area contributed by atoms with Gasteiger partial charge in [0.2, 0.25) is 17.7 Å². The molecular weight excluding hydrogens is 386 g/mol. The lowest BCUT2D eigenvalue weighted by Gasteiger charge is -2.30. The van der Waals surface area contributed by atoms with Crippen LogP contribution >= 0.6 is 0 Å². The second-order valence-electron chi connectivity index (χ2n) is 7.59. The SMILES string of the molecule is Cc1cc(CC2CCNC(CNc3nc(N)n4nc(-c5ccco5)nc4n3)C2)no1. The molecule has 0 saturated carbocycles. The first kappa shape index (κ1) is 18.6. The maximum Gasteiger partial charge on any atom is 0.259 e. The first-order chi connectivity index (χ1) is 14.6. The minimum atomic E-state index is 0.212. The third-order valence-electron chi connectivity index (χ3n) is 5.26. The van der Waals surface area contributed by atoms with Crippen LogP contribution in [0.15, 0.2) is 33.4 Å². The molecule has 1 saturated heterocycles. The van der Waals surface area contributed by atoms with Crippen LogP contribution in [0.3, 0.4) is 0 Å². The van der Waals surface area contributed by atoms with E-state index >= 15 is 0 Å². The molecule has 0 bridgehead atoms. The Morgan fingerprint density at radius 2 is 2.27 bits per heavy atom. The minimum absolute atomic E-state index is 0.212. The van der Waals surface area contributed by atoms with Crippen molar-refractivity contribution in [1.82, 2.24) is 35.0 Å². The number of fused-ring (bicyclic) bond motifs is 1. The summed E-state index contributed by atoms with van der Waals surface area (Å²) in [5.41, 5.74) is 7.07. The van der Waals surface area contributed by atoms with Crippen LogP contribution in [-0.2, 0) is 6.42 Å². The summed E-state index contributed by atoms with van der Waals surface area (Å²) >= 11 is 0. The van der Waals surface area contributed by atoms with Crippen LogP contribution < -0.4 is 16.4 Å². The Labute approximate surface area is 172 Å². The van der Waals surface area contributed by atoms with Gasteiger partial charge in [0.15, 0.2) is 5.76 Å². The summed E-state index contributed by atoms with van der Waals surface area (Å²) in [7, 11) is 0. The van der Waals surface area contributed by atoms with E-state index in [-0.39, 0.29) is 5.95 Å². The summed E-state index contributed by atoms with van der Waals surface area (Å²) in [4.78, 5) is 13.1. The van der Waals surface area contributed by atoms with E-state index in [1.54, 1.807) is 18.4 Å². The van der Waals surface area contributed by atoms with Gasteiger partial charge in [-0.25, -0.2) is 0 Å². The Kier molecular flexibility index (Phi) is 4.79. The van der Waals surface area contributed by atoms with Crippen LogP contribution in [0.4, 0.5) is 11.9 Å². The molecule has 0 spiro atoms. The lowest BCUT2D eigenvalue weighted by Crippen LogP contribution is -2.43. The van der Waals surface area contributed by atoms with Gasteiger partial charge in [-0.1, -0.05) is 5.16 Å². The fourth-order valence-corrected chi connectivity index (χ4v) is 3.86. The molecule has 1 aliphatic rings. The first-order valence-electron chi connectivity index (χ1n) is 9.97. The van der Waals surface area contributed by atoms with Crippen molar-refractivity contribution < 1.29 is 8.94 Å². The van der Waals surface area contributed by atoms with Gasteiger partial charge in [-0.3, -0.25) is 0 Å². The molecule has 4 N–H and O–H groups in total. The van der Waals surface area contributed by atoms with Crippen LogP contribution in [0.5, 0.6) is 0 Å². The number of furan rings is 1. The van der Waals surface area contributed by atoms with Crippen molar-refractivity contribution >= 4 is 17.7 Å². The van der Waals surface area contributed by atoms with Gasteiger partial charge in [-0.15, -0.1) is 5.10 Å². The molecule has 0 aliphatic carbocycles. The zero-order valence-electron chi connectivity index (χ0n) is 16.6. The number of aryl methyl sites for hydroxylation is 1. The van der Waals surface area contributed by atoms with Gasteiger partial charge in [0.05, 0.1) is 12.0 Å².